The van der Waals surface area contributed by atoms with Crippen LogP contribution in [0.1, 0.15) is 26.2 Å². The maximum Gasteiger partial charge on any atom is 0.225 e. The number of halogens is 1. The van der Waals surface area contributed by atoms with Crippen molar-refractivity contribution >= 4 is 21.9 Å². The Hall–Kier alpha value is -0.680. The Morgan fingerprint density at radius 3 is 2.59 bits per heavy atom. The van der Waals surface area contributed by atoms with Crippen molar-refractivity contribution in [2.45, 2.75) is 32.2 Å². The second-order valence-corrected chi connectivity index (χ2v) is 5.60. The first kappa shape index (κ1) is 12.8. The summed E-state index contributed by atoms with van der Waals surface area (Å²) in [6, 6.07) is 0.0665. The first-order valence-electron chi connectivity index (χ1n) is 6.05. The van der Waals surface area contributed by atoms with Gasteiger partial charge in [-0.05, 0) is 41.6 Å². The van der Waals surface area contributed by atoms with Gasteiger partial charge < -0.3 is 10.0 Å². The van der Waals surface area contributed by atoms with E-state index in [2.05, 4.69) is 30.8 Å². The monoisotopic (exact) mass is 299 g/mol. The predicted octanol–water partition coefficient (Wildman–Crippen LogP) is 2.23. The Kier molecular flexibility index (Phi) is 4.34. The lowest BCUT2D eigenvalue weighted by Crippen LogP contribution is -2.41. The standard InChI is InChI=1S/C12H18BrN3O/c1-9(8-17)16(7-10-3-2-4-10)12-14-5-11(13)6-15-12/h5-6,9-10,17H,2-4,7-8H2,1H3/t9-/m1/s1. The number of aliphatic hydroxyl groups is 1. The molecule has 1 fully saturated rings. The Labute approximate surface area is 110 Å². The van der Waals surface area contributed by atoms with E-state index in [1.807, 2.05) is 6.92 Å². The molecular formula is C12H18BrN3O. The van der Waals surface area contributed by atoms with Crippen molar-refractivity contribution in [1.82, 2.24) is 9.97 Å². The second-order valence-electron chi connectivity index (χ2n) is 4.68. The molecule has 1 aliphatic carbocycles. The van der Waals surface area contributed by atoms with Crippen molar-refractivity contribution in [2.24, 2.45) is 5.92 Å². The highest BCUT2D eigenvalue weighted by Crippen LogP contribution is 2.28. The van der Waals surface area contributed by atoms with Crippen LogP contribution in [-0.2, 0) is 0 Å². The minimum atomic E-state index is 0.0665. The van der Waals surface area contributed by atoms with Crippen molar-refractivity contribution in [3.8, 4) is 0 Å². The molecule has 0 saturated heterocycles. The summed E-state index contributed by atoms with van der Waals surface area (Å²) in [5.41, 5.74) is 0. The van der Waals surface area contributed by atoms with E-state index in [-0.39, 0.29) is 12.6 Å². The number of aliphatic hydroxyl groups excluding tert-OH is 1. The van der Waals surface area contributed by atoms with Crippen LogP contribution in [0.15, 0.2) is 16.9 Å². The molecule has 1 aromatic rings. The van der Waals surface area contributed by atoms with E-state index in [9.17, 15) is 5.11 Å². The number of aromatic nitrogens is 2. The number of hydrogen-bond acceptors (Lipinski definition) is 4. The van der Waals surface area contributed by atoms with E-state index < -0.39 is 0 Å². The summed E-state index contributed by atoms with van der Waals surface area (Å²) < 4.78 is 0.876. The molecular weight excluding hydrogens is 282 g/mol. The summed E-state index contributed by atoms with van der Waals surface area (Å²) in [6.45, 7) is 3.08. The summed E-state index contributed by atoms with van der Waals surface area (Å²) in [5.74, 6) is 1.44. The Balaban J connectivity index is 2.10. The molecule has 1 atom stereocenters. The summed E-state index contributed by atoms with van der Waals surface area (Å²) in [6.07, 6.45) is 7.39. The Morgan fingerprint density at radius 1 is 1.47 bits per heavy atom. The van der Waals surface area contributed by atoms with Gasteiger partial charge in [-0.2, -0.15) is 0 Å². The van der Waals surface area contributed by atoms with Crippen molar-refractivity contribution < 1.29 is 5.11 Å². The average Bonchev–Trinajstić information content (AvgIpc) is 2.29. The molecule has 94 valence electrons. The normalized spacial score (nSPS) is 17.6. The van der Waals surface area contributed by atoms with Gasteiger partial charge >= 0.3 is 0 Å². The molecule has 0 spiro atoms. The van der Waals surface area contributed by atoms with Crippen LogP contribution in [0.25, 0.3) is 0 Å². The van der Waals surface area contributed by atoms with Gasteiger partial charge in [-0.3, -0.25) is 0 Å². The molecule has 5 heteroatoms. The maximum absolute atomic E-state index is 9.32. The van der Waals surface area contributed by atoms with Crippen LogP contribution in [0.4, 0.5) is 5.95 Å². The highest BCUT2D eigenvalue weighted by molar-refractivity contribution is 9.10. The highest BCUT2D eigenvalue weighted by Gasteiger charge is 2.24. The average molecular weight is 300 g/mol. The van der Waals surface area contributed by atoms with E-state index in [0.717, 1.165) is 16.9 Å². The summed E-state index contributed by atoms with van der Waals surface area (Å²) >= 11 is 3.33. The zero-order valence-electron chi connectivity index (χ0n) is 10.0. The van der Waals surface area contributed by atoms with Gasteiger partial charge in [0, 0.05) is 18.9 Å². The Morgan fingerprint density at radius 2 is 2.12 bits per heavy atom. The van der Waals surface area contributed by atoms with Crippen LogP contribution in [0, 0.1) is 5.92 Å². The van der Waals surface area contributed by atoms with E-state index >= 15 is 0 Å². The molecule has 4 nitrogen and oxygen atoms in total. The van der Waals surface area contributed by atoms with Crippen molar-refractivity contribution in [2.75, 3.05) is 18.1 Å². The molecule has 1 aromatic heterocycles. The van der Waals surface area contributed by atoms with Crippen molar-refractivity contribution in [3.05, 3.63) is 16.9 Å². The SMILES string of the molecule is C[C@H](CO)N(CC1CCC1)c1ncc(Br)cn1. The van der Waals surface area contributed by atoms with Crippen LogP contribution < -0.4 is 4.90 Å². The third-order valence-electron chi connectivity index (χ3n) is 3.34. The number of anilines is 1. The topological polar surface area (TPSA) is 49.2 Å². The number of hydrogen-bond donors (Lipinski definition) is 1. The molecule has 0 amide bonds. The quantitative estimate of drug-likeness (QED) is 0.906. The van der Waals surface area contributed by atoms with Gasteiger partial charge in [0.25, 0.3) is 0 Å². The second kappa shape index (κ2) is 5.78. The first-order valence-corrected chi connectivity index (χ1v) is 6.85. The molecule has 1 heterocycles. The van der Waals surface area contributed by atoms with Crippen LogP contribution in [0.3, 0.4) is 0 Å². The lowest BCUT2D eigenvalue weighted by Gasteiger charge is -2.35. The van der Waals surface area contributed by atoms with Crippen LogP contribution in [0.5, 0.6) is 0 Å². The molecule has 1 aliphatic rings. The fourth-order valence-corrected chi connectivity index (χ4v) is 2.17. The van der Waals surface area contributed by atoms with Crippen molar-refractivity contribution in [3.63, 3.8) is 0 Å². The number of nitrogens with zero attached hydrogens (tertiary/aromatic N) is 3. The summed E-state index contributed by atoms with van der Waals surface area (Å²) in [7, 11) is 0. The zero-order valence-corrected chi connectivity index (χ0v) is 11.6. The lowest BCUT2D eigenvalue weighted by molar-refractivity contribution is 0.248. The molecule has 2 rings (SSSR count). The van der Waals surface area contributed by atoms with Crippen LogP contribution >= 0.6 is 15.9 Å². The van der Waals surface area contributed by atoms with Gasteiger partial charge in [-0.25, -0.2) is 9.97 Å². The van der Waals surface area contributed by atoms with E-state index in [1.165, 1.54) is 19.3 Å². The molecule has 0 radical (unpaired) electrons. The summed E-state index contributed by atoms with van der Waals surface area (Å²) in [4.78, 5) is 10.7. The first-order chi connectivity index (χ1) is 8.20. The van der Waals surface area contributed by atoms with Crippen molar-refractivity contribution in [1.29, 1.82) is 0 Å². The van der Waals surface area contributed by atoms with Gasteiger partial charge in [0.2, 0.25) is 5.95 Å². The molecule has 0 aromatic carbocycles. The van der Waals surface area contributed by atoms with E-state index in [4.69, 9.17) is 0 Å². The number of rotatable bonds is 5. The molecule has 0 bridgehead atoms. The molecule has 17 heavy (non-hydrogen) atoms. The molecule has 1 saturated carbocycles. The molecule has 1 N–H and O–H groups in total. The third kappa shape index (κ3) is 3.16. The van der Waals surface area contributed by atoms with Gasteiger partial charge in [0.05, 0.1) is 17.1 Å². The predicted molar refractivity (Wildman–Crippen MR) is 71.0 cm³/mol. The van der Waals surface area contributed by atoms with Gasteiger partial charge in [0.1, 0.15) is 0 Å². The zero-order chi connectivity index (χ0) is 12.3. The molecule has 0 unspecified atom stereocenters. The van der Waals surface area contributed by atoms with E-state index in [1.54, 1.807) is 12.4 Å². The van der Waals surface area contributed by atoms with E-state index in [0.29, 0.717) is 5.95 Å². The minimum Gasteiger partial charge on any atom is -0.394 e. The smallest absolute Gasteiger partial charge is 0.225 e. The van der Waals surface area contributed by atoms with Gasteiger partial charge in [-0.15, -0.1) is 0 Å². The summed E-state index contributed by atoms with van der Waals surface area (Å²) in [5, 5.41) is 9.32. The molecule has 0 aliphatic heterocycles. The van der Waals surface area contributed by atoms with Gasteiger partial charge in [-0.1, -0.05) is 6.42 Å². The van der Waals surface area contributed by atoms with Gasteiger partial charge in [0.15, 0.2) is 0 Å². The minimum absolute atomic E-state index is 0.0665. The lowest BCUT2D eigenvalue weighted by atomic mass is 9.85. The largest absolute Gasteiger partial charge is 0.394 e. The third-order valence-corrected chi connectivity index (χ3v) is 3.75. The fourth-order valence-electron chi connectivity index (χ4n) is 1.96. The fraction of sp³-hybridized carbons (Fsp3) is 0.667. The maximum atomic E-state index is 9.32. The van der Waals surface area contributed by atoms with Crippen LogP contribution in [0.2, 0.25) is 0 Å². The Bertz CT molecular complexity index is 353. The van der Waals surface area contributed by atoms with Crippen LogP contribution in [-0.4, -0.2) is 34.3 Å². The highest BCUT2D eigenvalue weighted by atomic mass is 79.9.